The highest BCUT2D eigenvalue weighted by molar-refractivity contribution is 5.82. The normalized spacial score (nSPS) is 13.3. The molecule has 0 radical (unpaired) electrons. The number of hydrogen-bond acceptors (Lipinski definition) is 4. The van der Waals surface area contributed by atoms with Crippen LogP contribution in [-0.4, -0.2) is 47.1 Å². The maximum atomic E-state index is 15.8. The summed E-state index contributed by atoms with van der Waals surface area (Å²) in [6.07, 6.45) is -5.43. The number of nitrogens with zero attached hydrogens (tertiary/aromatic N) is 2. The molecule has 3 rings (SSSR count). The summed E-state index contributed by atoms with van der Waals surface area (Å²) in [7, 11) is 3.24. The number of carboxylic acid groups (broad SMARTS) is 1. The second-order valence-electron chi connectivity index (χ2n) is 12.9. The van der Waals surface area contributed by atoms with Gasteiger partial charge in [0.1, 0.15) is 17.4 Å². The molecule has 1 aromatic heterocycles. The molecule has 3 aromatic rings. The lowest BCUT2D eigenvalue weighted by atomic mass is 9.89. The molecule has 2 N–H and O–H groups in total. The van der Waals surface area contributed by atoms with E-state index < -0.39 is 64.9 Å². The first kappa shape index (κ1) is 37.4. The Morgan fingerprint density at radius 3 is 2.06 bits per heavy atom. The third kappa shape index (κ3) is 8.85. The molecule has 2 atom stereocenters. The molecule has 47 heavy (non-hydrogen) atoms. The predicted octanol–water partition coefficient (Wildman–Crippen LogP) is 7.07. The number of aryl methyl sites for hydroxylation is 4. The first-order chi connectivity index (χ1) is 21.7. The molecule has 0 saturated carbocycles. The lowest BCUT2D eigenvalue weighted by Crippen LogP contribution is -2.42. The molecule has 2 aromatic carbocycles. The lowest BCUT2D eigenvalue weighted by molar-refractivity contribution is -0.141. The number of alkyl halides is 3. The van der Waals surface area contributed by atoms with E-state index in [4.69, 9.17) is 0 Å². The van der Waals surface area contributed by atoms with Gasteiger partial charge in [0, 0.05) is 18.3 Å². The highest BCUT2D eigenvalue weighted by atomic mass is 19.4. The van der Waals surface area contributed by atoms with Crippen LogP contribution >= 0.6 is 0 Å². The summed E-state index contributed by atoms with van der Waals surface area (Å²) < 4.78 is 73.4. The third-order valence-electron chi connectivity index (χ3n) is 8.02. The molecule has 256 valence electrons. The fraction of sp³-hybridized carbons (Fsp3) is 0.457. The van der Waals surface area contributed by atoms with E-state index in [0.29, 0.717) is 10.1 Å². The Labute approximate surface area is 271 Å². The van der Waals surface area contributed by atoms with Gasteiger partial charge in [0.15, 0.2) is 0 Å². The first-order valence-corrected chi connectivity index (χ1v) is 15.3. The van der Waals surface area contributed by atoms with Gasteiger partial charge in [-0.3, -0.25) is 14.4 Å². The summed E-state index contributed by atoms with van der Waals surface area (Å²) >= 11 is 0. The second kappa shape index (κ2) is 14.8. The lowest BCUT2D eigenvalue weighted by Gasteiger charge is -2.27. The van der Waals surface area contributed by atoms with Crippen molar-refractivity contribution < 1.29 is 36.6 Å². The van der Waals surface area contributed by atoms with Gasteiger partial charge in [-0.2, -0.15) is 13.2 Å². The van der Waals surface area contributed by atoms with E-state index in [1.807, 2.05) is 32.9 Å². The fourth-order valence-corrected chi connectivity index (χ4v) is 6.03. The zero-order chi connectivity index (χ0) is 35.5. The van der Waals surface area contributed by atoms with Gasteiger partial charge in [-0.1, -0.05) is 31.5 Å². The van der Waals surface area contributed by atoms with Gasteiger partial charge in [0.2, 0.25) is 11.7 Å². The van der Waals surface area contributed by atoms with E-state index in [0.717, 1.165) is 28.5 Å². The quantitative estimate of drug-likeness (QED) is 0.202. The minimum absolute atomic E-state index is 0.0946. The molecule has 0 unspecified atom stereocenters. The van der Waals surface area contributed by atoms with Crippen molar-refractivity contribution in [2.75, 3.05) is 20.6 Å². The monoisotopic (exact) mass is 663 g/mol. The van der Waals surface area contributed by atoms with Crippen molar-refractivity contribution in [2.24, 2.45) is 5.92 Å². The SMILES string of the molecule is Cc1cc(C)c(-c2cc(C)c(F)c([C@H](CC(=O)O)NC(=O)[C@H](CC(C)C)n3cc(CCN(C)C)c(C(F)(F)F)c(F)c3=O)c2)c(C)c1. The van der Waals surface area contributed by atoms with Crippen molar-refractivity contribution in [2.45, 2.75) is 79.1 Å². The molecule has 1 amide bonds. The molecule has 0 fully saturated rings. The Balaban J connectivity index is 2.19. The number of rotatable bonds is 12. The number of carbonyl (C=O) groups is 2. The van der Waals surface area contributed by atoms with E-state index in [1.54, 1.807) is 38.9 Å². The first-order valence-electron chi connectivity index (χ1n) is 15.3. The van der Waals surface area contributed by atoms with Crippen molar-refractivity contribution in [1.29, 1.82) is 0 Å². The number of aliphatic carboxylic acids is 1. The van der Waals surface area contributed by atoms with E-state index in [1.165, 1.54) is 13.0 Å². The molecule has 0 saturated heterocycles. The van der Waals surface area contributed by atoms with Crippen LogP contribution in [-0.2, 0) is 22.2 Å². The Morgan fingerprint density at radius 2 is 1.55 bits per heavy atom. The molecule has 0 bridgehead atoms. The highest BCUT2D eigenvalue weighted by Crippen LogP contribution is 2.36. The number of carbonyl (C=O) groups excluding carboxylic acids is 1. The Kier molecular flexibility index (Phi) is 11.8. The zero-order valence-electron chi connectivity index (χ0n) is 27.9. The minimum Gasteiger partial charge on any atom is -0.481 e. The van der Waals surface area contributed by atoms with Crippen molar-refractivity contribution in [1.82, 2.24) is 14.8 Å². The number of pyridine rings is 1. The van der Waals surface area contributed by atoms with Crippen LogP contribution in [0.15, 0.2) is 35.3 Å². The molecule has 0 aliphatic rings. The fourth-order valence-electron chi connectivity index (χ4n) is 6.03. The van der Waals surface area contributed by atoms with Crippen LogP contribution in [0, 0.1) is 45.2 Å². The Morgan fingerprint density at radius 1 is 0.957 bits per heavy atom. The maximum Gasteiger partial charge on any atom is 0.419 e. The smallest absolute Gasteiger partial charge is 0.419 e. The van der Waals surface area contributed by atoms with Crippen molar-refractivity contribution in [3.05, 3.63) is 91.4 Å². The van der Waals surface area contributed by atoms with Crippen molar-refractivity contribution >= 4 is 11.9 Å². The number of carboxylic acids is 1. The van der Waals surface area contributed by atoms with E-state index in [2.05, 4.69) is 5.32 Å². The highest BCUT2D eigenvalue weighted by Gasteiger charge is 2.40. The van der Waals surface area contributed by atoms with Gasteiger partial charge in [-0.25, -0.2) is 8.78 Å². The minimum atomic E-state index is -5.17. The van der Waals surface area contributed by atoms with Crippen molar-refractivity contribution in [3.8, 4) is 11.1 Å². The van der Waals surface area contributed by atoms with Crippen LogP contribution in [0.3, 0.4) is 0 Å². The average molecular weight is 664 g/mol. The van der Waals surface area contributed by atoms with Crippen LogP contribution in [0.1, 0.15) is 77.7 Å². The molecule has 0 aliphatic carbocycles. The number of amides is 1. The number of hydrogen-bond donors (Lipinski definition) is 2. The summed E-state index contributed by atoms with van der Waals surface area (Å²) in [5.41, 5.74) is 0.495. The zero-order valence-corrected chi connectivity index (χ0v) is 27.9. The number of nitrogens with one attached hydrogen (secondary N) is 1. The van der Waals surface area contributed by atoms with Crippen LogP contribution in [0.25, 0.3) is 11.1 Å². The molecule has 0 spiro atoms. The van der Waals surface area contributed by atoms with Crippen LogP contribution in [0.4, 0.5) is 22.0 Å². The number of halogens is 5. The molecular weight excluding hydrogens is 621 g/mol. The largest absolute Gasteiger partial charge is 0.481 e. The van der Waals surface area contributed by atoms with Crippen LogP contribution in [0.2, 0.25) is 0 Å². The summed E-state index contributed by atoms with van der Waals surface area (Å²) in [5.74, 6) is -5.40. The summed E-state index contributed by atoms with van der Waals surface area (Å²) in [4.78, 5) is 40.6. The van der Waals surface area contributed by atoms with Crippen LogP contribution < -0.4 is 10.9 Å². The van der Waals surface area contributed by atoms with Gasteiger partial charge < -0.3 is 19.9 Å². The molecule has 7 nitrogen and oxygen atoms in total. The molecule has 12 heteroatoms. The van der Waals surface area contributed by atoms with Gasteiger partial charge in [0.25, 0.3) is 5.56 Å². The number of likely N-dealkylation sites (N-methyl/N-ethyl adjacent to an activating group) is 1. The van der Waals surface area contributed by atoms with Crippen LogP contribution in [0.5, 0.6) is 0 Å². The molecular formula is C35H42F5N3O4. The Hall–Kier alpha value is -4.06. The Bertz CT molecular complexity index is 1690. The van der Waals surface area contributed by atoms with Gasteiger partial charge in [0.05, 0.1) is 12.5 Å². The average Bonchev–Trinajstić information content (AvgIpc) is 2.92. The topological polar surface area (TPSA) is 91.6 Å². The maximum absolute atomic E-state index is 15.8. The third-order valence-corrected chi connectivity index (χ3v) is 8.02. The van der Waals surface area contributed by atoms with E-state index in [9.17, 15) is 32.7 Å². The molecule has 0 aliphatic heterocycles. The summed E-state index contributed by atoms with van der Waals surface area (Å²) in [6, 6.07) is 4.07. The summed E-state index contributed by atoms with van der Waals surface area (Å²) in [5, 5.41) is 12.3. The van der Waals surface area contributed by atoms with Gasteiger partial charge in [-0.05, 0) is 106 Å². The molecule has 1 heterocycles. The van der Waals surface area contributed by atoms with Gasteiger partial charge in [-0.15, -0.1) is 0 Å². The van der Waals surface area contributed by atoms with Crippen molar-refractivity contribution in [3.63, 3.8) is 0 Å². The second-order valence-corrected chi connectivity index (χ2v) is 12.9. The van der Waals surface area contributed by atoms with E-state index in [-0.39, 0.29) is 36.4 Å². The predicted molar refractivity (Wildman–Crippen MR) is 170 cm³/mol. The summed E-state index contributed by atoms with van der Waals surface area (Å²) in [6.45, 7) is 10.7. The standard InChI is InChI=1S/C35H42F5N3O4/c1-18(2)11-27(43-17-23(9-10-42(7)8)30(35(38,39)40)32(37)34(43)47)33(46)41-26(16-28(44)45)25-15-24(14-22(6)31(25)36)29-20(4)12-19(3)13-21(29)5/h12-15,17-18,26-27H,9-11,16H2,1-8H3,(H,41,46)(H,44,45)/t26-,27-/m0/s1. The number of aromatic nitrogens is 1. The van der Waals surface area contributed by atoms with E-state index >= 15 is 8.78 Å². The number of benzene rings is 2. The van der Waals surface area contributed by atoms with Gasteiger partial charge >= 0.3 is 12.1 Å².